The van der Waals surface area contributed by atoms with Gasteiger partial charge in [0.2, 0.25) is 27.7 Å². The van der Waals surface area contributed by atoms with Gasteiger partial charge in [0.15, 0.2) is 0 Å². The monoisotopic (exact) mass is 789 g/mol. The number of hydrogen-bond acceptors (Lipinski definition) is 10. The highest BCUT2D eigenvalue weighted by molar-refractivity contribution is 7.91. The Morgan fingerprint density at radius 2 is 1.68 bits per heavy atom. The normalized spacial score (nSPS) is 33.2. The third-order valence-electron chi connectivity index (χ3n) is 13.2. The van der Waals surface area contributed by atoms with E-state index in [2.05, 4.69) is 10.0 Å². The Hall–Kier alpha value is -4.07. The molecule has 8 rings (SSSR count). The van der Waals surface area contributed by atoms with Crippen molar-refractivity contribution in [2.45, 2.75) is 151 Å². The number of benzene rings is 1. The van der Waals surface area contributed by atoms with Crippen molar-refractivity contribution < 1.29 is 37.1 Å². The van der Waals surface area contributed by atoms with Crippen molar-refractivity contribution in [1.82, 2.24) is 24.9 Å². The van der Waals surface area contributed by atoms with E-state index in [1.165, 1.54) is 4.90 Å². The lowest BCUT2D eigenvalue weighted by Gasteiger charge is -2.30. The zero-order chi connectivity index (χ0) is 39.1. The fourth-order valence-corrected chi connectivity index (χ4v) is 10.6. The summed E-state index contributed by atoms with van der Waals surface area (Å²) in [5.41, 5.74) is 0.684. The van der Waals surface area contributed by atoms with Gasteiger partial charge in [0.05, 0.1) is 28.7 Å². The highest BCUT2D eigenvalue weighted by Gasteiger charge is 2.63. The lowest BCUT2D eigenvalue weighted by molar-refractivity contribution is -0.155. The van der Waals surface area contributed by atoms with E-state index in [1.54, 1.807) is 6.92 Å². The molecule has 1 aromatic heterocycles. The van der Waals surface area contributed by atoms with Crippen LogP contribution in [0.3, 0.4) is 0 Å². The molecule has 302 valence electrons. The number of nitrogens with one attached hydrogen (secondary N) is 2. The van der Waals surface area contributed by atoms with Crippen LogP contribution < -0.4 is 14.8 Å². The lowest BCUT2D eigenvalue weighted by Crippen LogP contribution is -2.57. The lowest BCUT2D eigenvalue weighted by atomic mass is 9.94. The number of carbonyl (C=O) groups excluding carboxylic acids is 4. The van der Waals surface area contributed by atoms with Crippen LogP contribution in [-0.2, 0) is 40.4 Å². The number of hydrogen-bond donors (Lipinski definition) is 2. The summed E-state index contributed by atoms with van der Waals surface area (Å²) in [4.78, 5) is 68.2. The molecule has 3 aliphatic carbocycles. The molecule has 14 heteroatoms. The number of carbonyl (C=O) groups is 4. The molecule has 6 aliphatic rings. The summed E-state index contributed by atoms with van der Waals surface area (Å²) < 4.78 is 40.4. The molecule has 1 aromatic carbocycles. The van der Waals surface area contributed by atoms with Crippen LogP contribution in [0, 0.1) is 17.8 Å². The van der Waals surface area contributed by atoms with Crippen molar-refractivity contribution >= 4 is 44.7 Å². The van der Waals surface area contributed by atoms with Gasteiger partial charge < -0.3 is 19.7 Å². The third kappa shape index (κ3) is 8.04. The molecule has 4 fully saturated rings. The van der Waals surface area contributed by atoms with Gasteiger partial charge in [0.1, 0.15) is 29.5 Å². The van der Waals surface area contributed by atoms with Crippen LogP contribution in [-0.4, -0.2) is 82.1 Å². The van der Waals surface area contributed by atoms with E-state index in [9.17, 15) is 27.6 Å². The van der Waals surface area contributed by atoms with Gasteiger partial charge in [-0.05, 0) is 102 Å². The summed E-state index contributed by atoms with van der Waals surface area (Å²) in [7, 11) is -3.97. The first-order valence-electron chi connectivity index (χ1n) is 20.9. The van der Waals surface area contributed by atoms with Gasteiger partial charge in [0.25, 0.3) is 5.91 Å². The van der Waals surface area contributed by atoms with E-state index < -0.39 is 56.1 Å². The number of aromatic nitrogens is 2. The zero-order valence-corrected chi connectivity index (χ0v) is 33.2. The number of amides is 3. The van der Waals surface area contributed by atoms with E-state index in [0.29, 0.717) is 43.0 Å². The van der Waals surface area contributed by atoms with Gasteiger partial charge in [-0.3, -0.25) is 23.9 Å². The van der Waals surface area contributed by atoms with Crippen LogP contribution in [0.1, 0.15) is 122 Å². The maximum atomic E-state index is 14.7. The second kappa shape index (κ2) is 15.7. The van der Waals surface area contributed by atoms with Crippen molar-refractivity contribution in [1.29, 1.82) is 0 Å². The Bertz CT molecular complexity index is 2000. The van der Waals surface area contributed by atoms with Crippen molar-refractivity contribution in [3.8, 4) is 5.88 Å². The summed E-state index contributed by atoms with van der Waals surface area (Å²) in [5, 5.41) is 2.95. The Morgan fingerprint density at radius 3 is 2.48 bits per heavy atom. The molecule has 0 spiro atoms. The molecule has 3 bridgehead atoms. The van der Waals surface area contributed by atoms with E-state index in [0.717, 1.165) is 81.8 Å². The van der Waals surface area contributed by atoms with Crippen molar-refractivity contribution in [3.63, 3.8) is 0 Å². The standard InChI is InChI=1S/C42H55N5O8S/c1-41(21-22-41)56(52,53)46-40(51)42-25-29(42)16-8-4-2-3-6-14-28-23-36(48)55-35-20-12-15-27(35)13-7-5-9-19-33-38(44-32-18-11-10-17-31(32)43-33)54-30-24-34(37(49)45-42)47(26-30)39(28)50/h8,10-11,16-18,27-30,34-35H,2-7,9,12-15,19-26H2,1H3,(H,45,49)(H,46,51)/b16-8-/t27?,28-,29-,30-,34+,35-,42-/m1/s1. The number of nitrogens with zero attached hydrogens (tertiary/aromatic N) is 3. The number of aryl methyl sites for hydroxylation is 1. The Kier molecular flexibility index (Phi) is 10.9. The summed E-state index contributed by atoms with van der Waals surface area (Å²) in [5.74, 6) is -2.48. The molecule has 3 saturated carbocycles. The summed E-state index contributed by atoms with van der Waals surface area (Å²) in [6.45, 7) is 1.68. The predicted octanol–water partition coefficient (Wildman–Crippen LogP) is 5.21. The minimum atomic E-state index is -3.97. The highest BCUT2D eigenvalue weighted by atomic mass is 32.2. The minimum absolute atomic E-state index is 0.0658. The number of allylic oxidation sites excluding steroid dienone is 1. The zero-order valence-electron chi connectivity index (χ0n) is 32.4. The Morgan fingerprint density at radius 1 is 0.929 bits per heavy atom. The van der Waals surface area contributed by atoms with Crippen LogP contribution >= 0.6 is 0 Å². The summed E-state index contributed by atoms with van der Waals surface area (Å²) in [6.07, 6.45) is 15.2. The molecule has 0 radical (unpaired) electrons. The van der Waals surface area contributed by atoms with Gasteiger partial charge in [-0.15, -0.1) is 0 Å². The molecule has 2 aromatic rings. The first-order chi connectivity index (χ1) is 26.9. The molecule has 13 nitrogen and oxygen atoms in total. The Balaban J connectivity index is 1.13. The smallest absolute Gasteiger partial charge is 0.306 e. The van der Waals surface area contributed by atoms with Crippen molar-refractivity contribution in [2.24, 2.45) is 17.8 Å². The summed E-state index contributed by atoms with van der Waals surface area (Å²) in [6, 6.07) is 6.58. The maximum Gasteiger partial charge on any atom is 0.306 e. The van der Waals surface area contributed by atoms with E-state index in [4.69, 9.17) is 19.4 Å². The number of sulfonamides is 1. The van der Waals surface area contributed by atoms with E-state index in [1.807, 2.05) is 36.4 Å². The number of esters is 1. The molecule has 56 heavy (non-hydrogen) atoms. The number of fused-ring (bicyclic) bond motifs is 6. The fraction of sp³-hybridized carbons (Fsp3) is 0.667. The van der Waals surface area contributed by atoms with Crippen LogP contribution in [0.25, 0.3) is 11.0 Å². The van der Waals surface area contributed by atoms with E-state index >= 15 is 0 Å². The van der Waals surface area contributed by atoms with Crippen LogP contribution in [0.15, 0.2) is 36.4 Å². The Labute approximate surface area is 329 Å². The SMILES string of the molecule is CC1(S(=O)(=O)NC(=O)[C@@]23C[C@H]2/C=C\CCCCC[C@@H]2CC(=O)O[C@@H]4CCCC4CCCCCc4nc5ccccc5nc4O[C@@H]4C[C@@H](C(=O)N3)N(C4)C2=O)CC1. The molecular weight excluding hydrogens is 735 g/mol. The van der Waals surface area contributed by atoms with Gasteiger partial charge in [0, 0.05) is 18.3 Å². The minimum Gasteiger partial charge on any atom is -0.471 e. The molecule has 3 aliphatic heterocycles. The summed E-state index contributed by atoms with van der Waals surface area (Å²) >= 11 is 0. The number of rotatable bonds is 3. The molecule has 4 heterocycles. The molecule has 3 amide bonds. The van der Waals surface area contributed by atoms with Gasteiger partial charge >= 0.3 is 5.97 Å². The predicted molar refractivity (Wildman–Crippen MR) is 207 cm³/mol. The van der Waals surface area contributed by atoms with Gasteiger partial charge in [-0.25, -0.2) is 18.4 Å². The second-order valence-electron chi connectivity index (χ2n) is 17.4. The van der Waals surface area contributed by atoms with Crippen molar-refractivity contribution in [3.05, 3.63) is 42.1 Å². The molecule has 2 N–H and O–H groups in total. The highest BCUT2D eigenvalue weighted by Crippen LogP contribution is 2.47. The van der Waals surface area contributed by atoms with Crippen LogP contribution in [0.2, 0.25) is 0 Å². The third-order valence-corrected chi connectivity index (χ3v) is 15.4. The average molecular weight is 790 g/mol. The van der Waals surface area contributed by atoms with Crippen molar-refractivity contribution in [2.75, 3.05) is 6.54 Å². The first kappa shape index (κ1) is 38.8. The molecule has 7 atom stereocenters. The van der Waals surface area contributed by atoms with Gasteiger partial charge in [-0.1, -0.05) is 50.0 Å². The first-order valence-corrected chi connectivity index (χ1v) is 22.4. The van der Waals surface area contributed by atoms with E-state index in [-0.39, 0.29) is 43.8 Å². The molecular formula is C42H55N5O8S. The van der Waals surface area contributed by atoms with Crippen LogP contribution in [0.4, 0.5) is 0 Å². The number of para-hydroxylation sites is 2. The fourth-order valence-electron chi connectivity index (χ4n) is 9.30. The maximum absolute atomic E-state index is 14.7. The largest absolute Gasteiger partial charge is 0.471 e. The second-order valence-corrected chi connectivity index (χ2v) is 19.6. The quantitative estimate of drug-likeness (QED) is 0.311. The average Bonchev–Trinajstić information content (AvgIpc) is 3.97. The van der Waals surface area contributed by atoms with Gasteiger partial charge in [-0.2, -0.15) is 0 Å². The molecule has 1 unspecified atom stereocenters. The van der Waals surface area contributed by atoms with Crippen LogP contribution in [0.5, 0.6) is 5.88 Å². The molecule has 1 saturated heterocycles. The topological polar surface area (TPSA) is 174 Å². The number of ether oxygens (including phenoxy) is 2.